The van der Waals surface area contributed by atoms with Gasteiger partial charge in [0, 0.05) is 19.8 Å². The molecule has 0 aliphatic carbocycles. The number of hydrogen-bond acceptors (Lipinski definition) is 3. The summed E-state index contributed by atoms with van der Waals surface area (Å²) in [5.74, 6) is -0.0565. The molecule has 1 atom stereocenters. The fourth-order valence-corrected chi connectivity index (χ4v) is 1.65. The maximum absolute atomic E-state index is 12.1. The Hall–Kier alpha value is -1.07. The Balaban J connectivity index is 2.58. The molecule has 6 heteroatoms. The molecule has 0 spiro atoms. The summed E-state index contributed by atoms with van der Waals surface area (Å²) in [6.07, 6.45) is 3.65. The lowest BCUT2D eigenvalue weighted by Crippen LogP contribution is -2.36. The lowest BCUT2D eigenvalue weighted by Gasteiger charge is -2.25. The minimum absolute atomic E-state index is 0.0565. The number of amides is 1. The number of hydrogen-bond donors (Lipinski definition) is 1. The van der Waals surface area contributed by atoms with Crippen LogP contribution in [0.4, 0.5) is 0 Å². The highest BCUT2D eigenvalue weighted by Gasteiger charge is 2.22. The average Bonchev–Trinajstić information content (AvgIpc) is 2.69. The Labute approximate surface area is 112 Å². The molecule has 0 fully saturated rings. The van der Waals surface area contributed by atoms with Gasteiger partial charge in [0.05, 0.1) is 16.8 Å². The standard InChI is InChI=1S/C12H20ClN3O2/c1-9(16-8-10(13)7-14-16)11(17)15(4)6-5-12(2,3)18/h7-9,18H,5-6H2,1-4H3/t9-/m1/s1. The molecule has 0 saturated carbocycles. The normalized spacial score (nSPS) is 13.4. The van der Waals surface area contributed by atoms with Gasteiger partial charge in [0.15, 0.2) is 0 Å². The largest absolute Gasteiger partial charge is 0.390 e. The zero-order valence-corrected chi connectivity index (χ0v) is 12.0. The summed E-state index contributed by atoms with van der Waals surface area (Å²) >= 11 is 5.77. The number of aliphatic hydroxyl groups is 1. The molecule has 1 rings (SSSR count). The first-order valence-electron chi connectivity index (χ1n) is 5.88. The summed E-state index contributed by atoms with van der Waals surface area (Å²) in [5.41, 5.74) is -0.771. The topological polar surface area (TPSA) is 58.4 Å². The molecule has 1 aromatic heterocycles. The molecule has 0 aliphatic rings. The molecule has 1 N–H and O–H groups in total. The third-order valence-electron chi connectivity index (χ3n) is 2.76. The predicted molar refractivity (Wildman–Crippen MR) is 70.5 cm³/mol. The van der Waals surface area contributed by atoms with Crippen LogP contribution in [-0.4, -0.2) is 44.9 Å². The van der Waals surface area contributed by atoms with Crippen LogP contribution in [0.5, 0.6) is 0 Å². The van der Waals surface area contributed by atoms with E-state index in [1.165, 1.54) is 10.9 Å². The van der Waals surface area contributed by atoms with Gasteiger partial charge in [0.25, 0.3) is 0 Å². The highest BCUT2D eigenvalue weighted by Crippen LogP contribution is 2.14. The van der Waals surface area contributed by atoms with Gasteiger partial charge in [0.2, 0.25) is 5.91 Å². The van der Waals surface area contributed by atoms with Crippen molar-refractivity contribution in [2.75, 3.05) is 13.6 Å². The van der Waals surface area contributed by atoms with Crippen molar-refractivity contribution < 1.29 is 9.90 Å². The molecule has 0 unspecified atom stereocenters. The zero-order chi connectivity index (χ0) is 13.9. The second-order valence-corrected chi connectivity index (χ2v) is 5.57. The third kappa shape index (κ3) is 4.31. The predicted octanol–water partition coefficient (Wildman–Crippen LogP) is 1.72. The SMILES string of the molecule is C[C@H](C(=O)N(C)CCC(C)(C)O)n1cc(Cl)cn1. The average molecular weight is 274 g/mol. The molecule has 0 radical (unpaired) electrons. The molecule has 1 aromatic rings. The molecule has 0 bridgehead atoms. The summed E-state index contributed by atoms with van der Waals surface area (Å²) in [6, 6.07) is -0.399. The van der Waals surface area contributed by atoms with Crippen LogP contribution >= 0.6 is 11.6 Å². The summed E-state index contributed by atoms with van der Waals surface area (Å²) in [5, 5.41) is 14.2. The van der Waals surface area contributed by atoms with Crippen molar-refractivity contribution >= 4 is 17.5 Å². The van der Waals surface area contributed by atoms with Gasteiger partial charge in [-0.25, -0.2) is 0 Å². The van der Waals surface area contributed by atoms with Gasteiger partial charge in [-0.3, -0.25) is 9.48 Å². The van der Waals surface area contributed by atoms with Crippen molar-refractivity contribution in [1.82, 2.24) is 14.7 Å². The van der Waals surface area contributed by atoms with Gasteiger partial charge >= 0.3 is 0 Å². The van der Waals surface area contributed by atoms with Crippen molar-refractivity contribution in [3.05, 3.63) is 17.4 Å². The lowest BCUT2D eigenvalue weighted by atomic mass is 10.1. The number of carbonyl (C=O) groups is 1. The number of carbonyl (C=O) groups excluding carboxylic acids is 1. The van der Waals surface area contributed by atoms with Gasteiger partial charge in [-0.15, -0.1) is 0 Å². The molecular formula is C12H20ClN3O2. The Kier molecular flexibility index (Phi) is 4.76. The maximum atomic E-state index is 12.1. The van der Waals surface area contributed by atoms with Crippen molar-refractivity contribution in [2.24, 2.45) is 0 Å². The van der Waals surface area contributed by atoms with E-state index in [4.69, 9.17) is 11.6 Å². The van der Waals surface area contributed by atoms with E-state index >= 15 is 0 Å². The van der Waals surface area contributed by atoms with Crippen LogP contribution in [0.3, 0.4) is 0 Å². The van der Waals surface area contributed by atoms with E-state index < -0.39 is 11.6 Å². The van der Waals surface area contributed by atoms with Crippen molar-refractivity contribution in [3.63, 3.8) is 0 Å². The Bertz CT molecular complexity index is 412. The molecule has 1 heterocycles. The monoisotopic (exact) mass is 273 g/mol. The fourth-order valence-electron chi connectivity index (χ4n) is 1.51. The van der Waals surface area contributed by atoms with E-state index in [0.717, 1.165) is 0 Å². The highest BCUT2D eigenvalue weighted by molar-refractivity contribution is 6.30. The van der Waals surface area contributed by atoms with Crippen LogP contribution in [0.1, 0.15) is 33.2 Å². The van der Waals surface area contributed by atoms with Crippen LogP contribution in [0.2, 0.25) is 5.02 Å². The van der Waals surface area contributed by atoms with E-state index in [2.05, 4.69) is 5.10 Å². The fraction of sp³-hybridized carbons (Fsp3) is 0.667. The zero-order valence-electron chi connectivity index (χ0n) is 11.2. The molecule has 0 aromatic carbocycles. The van der Waals surface area contributed by atoms with E-state index in [1.54, 1.807) is 38.9 Å². The lowest BCUT2D eigenvalue weighted by molar-refractivity contribution is -0.133. The molecule has 5 nitrogen and oxygen atoms in total. The molecular weight excluding hydrogens is 254 g/mol. The number of rotatable bonds is 5. The minimum atomic E-state index is -0.771. The van der Waals surface area contributed by atoms with Gasteiger partial charge in [0.1, 0.15) is 6.04 Å². The number of halogens is 1. The Morgan fingerprint density at radius 3 is 2.72 bits per heavy atom. The maximum Gasteiger partial charge on any atom is 0.246 e. The molecule has 0 saturated heterocycles. The van der Waals surface area contributed by atoms with Gasteiger partial charge in [-0.2, -0.15) is 5.10 Å². The Morgan fingerprint density at radius 1 is 1.67 bits per heavy atom. The van der Waals surface area contributed by atoms with Crippen LogP contribution in [-0.2, 0) is 4.79 Å². The molecule has 18 heavy (non-hydrogen) atoms. The highest BCUT2D eigenvalue weighted by atomic mass is 35.5. The summed E-state index contributed by atoms with van der Waals surface area (Å²) in [4.78, 5) is 13.7. The summed E-state index contributed by atoms with van der Waals surface area (Å²) in [7, 11) is 1.72. The first-order chi connectivity index (χ1) is 8.20. The van der Waals surface area contributed by atoms with E-state index in [9.17, 15) is 9.90 Å². The van der Waals surface area contributed by atoms with Crippen LogP contribution in [0.15, 0.2) is 12.4 Å². The van der Waals surface area contributed by atoms with Crippen LogP contribution in [0, 0.1) is 0 Å². The summed E-state index contributed by atoms with van der Waals surface area (Å²) in [6.45, 7) is 5.72. The number of aromatic nitrogens is 2. The van der Waals surface area contributed by atoms with Gasteiger partial charge in [-0.05, 0) is 27.2 Å². The van der Waals surface area contributed by atoms with Gasteiger partial charge < -0.3 is 10.0 Å². The van der Waals surface area contributed by atoms with Crippen molar-refractivity contribution in [1.29, 1.82) is 0 Å². The molecule has 1 amide bonds. The molecule has 0 aliphatic heterocycles. The van der Waals surface area contributed by atoms with Crippen LogP contribution < -0.4 is 0 Å². The number of nitrogens with zero attached hydrogens (tertiary/aromatic N) is 3. The first kappa shape index (κ1) is 15.0. The third-order valence-corrected chi connectivity index (χ3v) is 2.95. The molecule has 102 valence electrons. The smallest absolute Gasteiger partial charge is 0.246 e. The van der Waals surface area contributed by atoms with Crippen molar-refractivity contribution in [2.45, 2.75) is 38.8 Å². The second kappa shape index (κ2) is 5.71. The van der Waals surface area contributed by atoms with Crippen molar-refractivity contribution in [3.8, 4) is 0 Å². The van der Waals surface area contributed by atoms with Gasteiger partial charge in [-0.1, -0.05) is 11.6 Å². The second-order valence-electron chi connectivity index (χ2n) is 5.14. The van der Waals surface area contributed by atoms with E-state index in [0.29, 0.717) is 18.0 Å². The summed E-state index contributed by atoms with van der Waals surface area (Å²) < 4.78 is 1.53. The number of likely N-dealkylation sites (N-methyl/N-ethyl adjacent to an activating group) is 1. The quantitative estimate of drug-likeness (QED) is 0.889. The van der Waals surface area contributed by atoms with Crippen LogP contribution in [0.25, 0.3) is 0 Å². The first-order valence-corrected chi connectivity index (χ1v) is 6.25. The minimum Gasteiger partial charge on any atom is -0.390 e. The Morgan fingerprint density at radius 2 is 2.28 bits per heavy atom. The van der Waals surface area contributed by atoms with E-state index in [-0.39, 0.29) is 5.91 Å². The van der Waals surface area contributed by atoms with E-state index in [1.807, 2.05) is 0 Å².